The van der Waals surface area contributed by atoms with Gasteiger partial charge in [0.1, 0.15) is 11.5 Å². The van der Waals surface area contributed by atoms with Crippen LogP contribution in [0.15, 0.2) is 48.7 Å². The number of aromatic nitrogens is 1. The number of para-hydroxylation sites is 1. The predicted molar refractivity (Wildman–Crippen MR) is 57.3 cm³/mol. The minimum atomic E-state index is 0.528. The molecule has 76 valence electrons. The fourth-order valence-corrected chi connectivity index (χ4v) is 1.18. The molecule has 3 nitrogen and oxygen atoms in total. The summed E-state index contributed by atoms with van der Waals surface area (Å²) in [6.45, 7) is 0. The molecule has 0 amide bonds. The lowest BCUT2D eigenvalue weighted by atomic mass is 10.3. The Morgan fingerprint density at radius 2 is 1.80 bits per heavy atom. The third-order valence-corrected chi connectivity index (χ3v) is 1.91. The molecule has 1 aromatic carbocycles. The second-order valence-electron chi connectivity index (χ2n) is 2.95. The maximum atomic E-state index is 5.53. The number of nitrogens with zero attached hydrogens (tertiary/aromatic N) is 1. The Kier molecular flexibility index (Phi) is 2.83. The van der Waals surface area contributed by atoms with E-state index in [9.17, 15) is 0 Å². The highest BCUT2D eigenvalue weighted by atomic mass is 16.5. The van der Waals surface area contributed by atoms with Gasteiger partial charge in [-0.3, -0.25) is 0 Å². The van der Waals surface area contributed by atoms with Crippen molar-refractivity contribution >= 4 is 0 Å². The fraction of sp³-hybridized carbons (Fsp3) is 0.0833. The van der Waals surface area contributed by atoms with Gasteiger partial charge in [0.2, 0.25) is 5.88 Å². The molecule has 3 heteroatoms. The van der Waals surface area contributed by atoms with Crippen molar-refractivity contribution in [3.63, 3.8) is 0 Å². The van der Waals surface area contributed by atoms with Gasteiger partial charge in [0.15, 0.2) is 0 Å². The van der Waals surface area contributed by atoms with Crippen molar-refractivity contribution in [3.8, 4) is 17.4 Å². The Labute approximate surface area is 88.3 Å². The monoisotopic (exact) mass is 201 g/mol. The van der Waals surface area contributed by atoms with Crippen molar-refractivity contribution in [1.29, 1.82) is 0 Å². The van der Waals surface area contributed by atoms with Gasteiger partial charge >= 0.3 is 0 Å². The minimum Gasteiger partial charge on any atom is -0.497 e. The molecule has 0 saturated heterocycles. The van der Waals surface area contributed by atoms with E-state index in [2.05, 4.69) is 4.98 Å². The third kappa shape index (κ3) is 2.47. The van der Waals surface area contributed by atoms with E-state index in [4.69, 9.17) is 9.47 Å². The van der Waals surface area contributed by atoms with Gasteiger partial charge in [-0.1, -0.05) is 18.2 Å². The second-order valence-corrected chi connectivity index (χ2v) is 2.95. The SMILES string of the molecule is COc1ccnc(Oc2ccccc2)c1. The molecule has 0 bridgehead atoms. The first-order chi connectivity index (χ1) is 7.38. The molecule has 0 aliphatic carbocycles. The Balaban J connectivity index is 2.17. The van der Waals surface area contributed by atoms with E-state index in [0.717, 1.165) is 11.5 Å². The lowest BCUT2D eigenvalue weighted by molar-refractivity contribution is 0.405. The van der Waals surface area contributed by atoms with Crippen LogP contribution in [0, 0.1) is 0 Å². The van der Waals surface area contributed by atoms with Crippen molar-refractivity contribution in [3.05, 3.63) is 48.7 Å². The summed E-state index contributed by atoms with van der Waals surface area (Å²) in [6, 6.07) is 13.0. The Morgan fingerprint density at radius 3 is 2.53 bits per heavy atom. The van der Waals surface area contributed by atoms with Gasteiger partial charge < -0.3 is 9.47 Å². The summed E-state index contributed by atoms with van der Waals surface area (Å²) in [7, 11) is 1.61. The highest BCUT2D eigenvalue weighted by molar-refractivity contribution is 5.31. The van der Waals surface area contributed by atoms with Gasteiger partial charge in [-0.2, -0.15) is 0 Å². The number of hydrogen-bond acceptors (Lipinski definition) is 3. The molecule has 0 spiro atoms. The fourth-order valence-electron chi connectivity index (χ4n) is 1.18. The number of pyridine rings is 1. The van der Waals surface area contributed by atoms with Gasteiger partial charge in [0.25, 0.3) is 0 Å². The molecule has 1 aromatic heterocycles. The zero-order chi connectivity index (χ0) is 10.5. The smallest absolute Gasteiger partial charge is 0.222 e. The van der Waals surface area contributed by atoms with Crippen LogP contribution in [0.2, 0.25) is 0 Å². The predicted octanol–water partition coefficient (Wildman–Crippen LogP) is 2.88. The van der Waals surface area contributed by atoms with Crippen LogP contribution in [0.3, 0.4) is 0 Å². The van der Waals surface area contributed by atoms with Crippen LogP contribution in [-0.4, -0.2) is 12.1 Å². The first kappa shape index (κ1) is 9.52. The van der Waals surface area contributed by atoms with Crippen LogP contribution in [0.5, 0.6) is 17.4 Å². The standard InChI is InChI=1S/C12H11NO2/c1-14-11-7-8-13-12(9-11)15-10-5-3-2-4-6-10/h2-9H,1H3. The summed E-state index contributed by atoms with van der Waals surface area (Å²) in [5, 5.41) is 0. The van der Waals surface area contributed by atoms with E-state index in [1.54, 1.807) is 25.4 Å². The van der Waals surface area contributed by atoms with Crippen LogP contribution < -0.4 is 9.47 Å². The molecule has 15 heavy (non-hydrogen) atoms. The number of rotatable bonds is 3. The zero-order valence-corrected chi connectivity index (χ0v) is 8.38. The molecule has 0 saturated carbocycles. The highest BCUT2D eigenvalue weighted by Gasteiger charge is 1.99. The second kappa shape index (κ2) is 4.46. The molecule has 1 heterocycles. The van der Waals surface area contributed by atoms with Gasteiger partial charge in [-0.15, -0.1) is 0 Å². The molecule has 0 aliphatic heterocycles. The summed E-state index contributed by atoms with van der Waals surface area (Å²) >= 11 is 0. The van der Waals surface area contributed by atoms with Crippen LogP contribution in [-0.2, 0) is 0 Å². The Bertz CT molecular complexity index is 429. The van der Waals surface area contributed by atoms with Gasteiger partial charge in [-0.05, 0) is 18.2 Å². The number of methoxy groups -OCH3 is 1. The maximum absolute atomic E-state index is 5.53. The number of hydrogen-bond donors (Lipinski definition) is 0. The molecular formula is C12H11NO2. The third-order valence-electron chi connectivity index (χ3n) is 1.91. The van der Waals surface area contributed by atoms with E-state index in [-0.39, 0.29) is 0 Å². The first-order valence-electron chi connectivity index (χ1n) is 4.61. The van der Waals surface area contributed by atoms with E-state index in [1.165, 1.54) is 0 Å². The normalized spacial score (nSPS) is 9.67. The molecule has 0 fully saturated rings. The molecule has 0 N–H and O–H groups in total. The summed E-state index contributed by atoms with van der Waals surface area (Å²) < 4.78 is 10.6. The summed E-state index contributed by atoms with van der Waals surface area (Å²) in [5.41, 5.74) is 0. The lowest BCUT2D eigenvalue weighted by Gasteiger charge is -2.05. The van der Waals surface area contributed by atoms with E-state index < -0.39 is 0 Å². The van der Waals surface area contributed by atoms with Crippen molar-refractivity contribution in [2.24, 2.45) is 0 Å². The average molecular weight is 201 g/mol. The topological polar surface area (TPSA) is 31.4 Å². The van der Waals surface area contributed by atoms with Crippen molar-refractivity contribution < 1.29 is 9.47 Å². The summed E-state index contributed by atoms with van der Waals surface area (Å²) in [5.74, 6) is 2.02. The average Bonchev–Trinajstić information content (AvgIpc) is 2.31. The lowest BCUT2D eigenvalue weighted by Crippen LogP contribution is -1.89. The number of ether oxygens (including phenoxy) is 2. The van der Waals surface area contributed by atoms with E-state index >= 15 is 0 Å². The van der Waals surface area contributed by atoms with Gasteiger partial charge in [0, 0.05) is 12.3 Å². The van der Waals surface area contributed by atoms with Crippen LogP contribution in [0.4, 0.5) is 0 Å². The van der Waals surface area contributed by atoms with E-state index in [1.807, 2.05) is 30.3 Å². The van der Waals surface area contributed by atoms with E-state index in [0.29, 0.717) is 5.88 Å². The van der Waals surface area contributed by atoms with Crippen molar-refractivity contribution in [2.45, 2.75) is 0 Å². The molecule has 0 unspecified atom stereocenters. The summed E-state index contributed by atoms with van der Waals surface area (Å²) in [4.78, 5) is 4.08. The molecule has 2 aromatic rings. The molecule has 0 radical (unpaired) electrons. The van der Waals surface area contributed by atoms with Gasteiger partial charge in [0.05, 0.1) is 7.11 Å². The largest absolute Gasteiger partial charge is 0.497 e. The Morgan fingerprint density at radius 1 is 1.00 bits per heavy atom. The van der Waals surface area contributed by atoms with Crippen LogP contribution in [0.25, 0.3) is 0 Å². The zero-order valence-electron chi connectivity index (χ0n) is 8.38. The maximum Gasteiger partial charge on any atom is 0.222 e. The van der Waals surface area contributed by atoms with Crippen molar-refractivity contribution in [2.75, 3.05) is 7.11 Å². The summed E-state index contributed by atoms with van der Waals surface area (Å²) in [6.07, 6.45) is 1.65. The molecular weight excluding hydrogens is 190 g/mol. The Hall–Kier alpha value is -2.03. The van der Waals surface area contributed by atoms with Crippen molar-refractivity contribution in [1.82, 2.24) is 4.98 Å². The highest BCUT2D eigenvalue weighted by Crippen LogP contribution is 2.21. The first-order valence-corrected chi connectivity index (χ1v) is 4.61. The van der Waals surface area contributed by atoms with Crippen LogP contribution >= 0.6 is 0 Å². The number of benzene rings is 1. The quantitative estimate of drug-likeness (QED) is 0.765. The molecule has 0 atom stereocenters. The molecule has 0 aliphatic rings. The minimum absolute atomic E-state index is 0.528. The van der Waals surface area contributed by atoms with Crippen LogP contribution in [0.1, 0.15) is 0 Å². The van der Waals surface area contributed by atoms with Gasteiger partial charge in [-0.25, -0.2) is 4.98 Å². The molecule has 2 rings (SSSR count).